The third-order valence-electron chi connectivity index (χ3n) is 3.38. The Hall–Kier alpha value is -2.63. The van der Waals surface area contributed by atoms with Gasteiger partial charge in [-0.2, -0.15) is 0 Å². The Kier molecular flexibility index (Phi) is 4.83. The predicted octanol–water partition coefficient (Wildman–Crippen LogP) is 2.52. The highest BCUT2D eigenvalue weighted by Crippen LogP contribution is 2.25. The molecule has 1 unspecified atom stereocenters. The molecule has 0 aliphatic heterocycles. The summed E-state index contributed by atoms with van der Waals surface area (Å²) in [5.41, 5.74) is 1.07. The molecule has 0 saturated heterocycles. The van der Waals surface area contributed by atoms with Crippen LogP contribution in [-0.4, -0.2) is 18.0 Å². The molecule has 1 aromatic carbocycles. The van der Waals surface area contributed by atoms with Crippen LogP contribution >= 0.6 is 0 Å². The van der Waals surface area contributed by atoms with E-state index in [4.69, 9.17) is 13.9 Å². The van der Waals surface area contributed by atoms with Gasteiger partial charge in [-0.1, -0.05) is 0 Å². The summed E-state index contributed by atoms with van der Waals surface area (Å²) < 4.78 is 15.4. The number of carbonyl (C=O) groups excluding carboxylic acids is 2. The number of hydrogen-bond acceptors (Lipinski definition) is 6. The molecule has 1 aromatic heterocycles. The summed E-state index contributed by atoms with van der Waals surface area (Å²) in [5.74, 6) is -0.532. The van der Waals surface area contributed by atoms with Gasteiger partial charge < -0.3 is 13.9 Å². The summed E-state index contributed by atoms with van der Waals surface area (Å²) in [5, 5.41) is 0.741. The number of fused-ring (bicyclic) bond motifs is 1. The molecule has 2 aromatic rings. The second-order valence-electron chi connectivity index (χ2n) is 5.37. The van der Waals surface area contributed by atoms with E-state index in [1.165, 1.54) is 19.9 Å². The molecule has 6 nitrogen and oxygen atoms in total. The first-order valence-electron chi connectivity index (χ1n) is 7.20. The smallest absolute Gasteiger partial charge is 0.339 e. The van der Waals surface area contributed by atoms with E-state index in [-0.39, 0.29) is 6.42 Å². The Labute approximate surface area is 133 Å². The van der Waals surface area contributed by atoms with Gasteiger partial charge in [-0.15, -0.1) is 0 Å². The van der Waals surface area contributed by atoms with Gasteiger partial charge in [0.15, 0.2) is 0 Å². The summed E-state index contributed by atoms with van der Waals surface area (Å²) in [6.07, 6.45) is -0.151. The molecule has 0 N–H and O–H groups in total. The first-order valence-corrected chi connectivity index (χ1v) is 7.20. The number of rotatable bonds is 4. The highest BCUT2D eigenvalue weighted by atomic mass is 16.5. The van der Waals surface area contributed by atoms with Crippen molar-refractivity contribution in [3.63, 3.8) is 0 Å². The molecule has 0 saturated carbocycles. The van der Waals surface area contributed by atoms with Crippen LogP contribution in [-0.2, 0) is 20.7 Å². The lowest BCUT2D eigenvalue weighted by molar-refractivity contribution is -0.145. The fourth-order valence-corrected chi connectivity index (χ4v) is 2.45. The maximum absolute atomic E-state index is 12.2. The van der Waals surface area contributed by atoms with Crippen LogP contribution in [0.3, 0.4) is 0 Å². The molecular weight excluding hydrogens is 300 g/mol. The largest absolute Gasteiger partial charge is 0.463 e. The number of carbonyl (C=O) groups is 2. The molecule has 0 aliphatic carbocycles. The Morgan fingerprint density at radius 3 is 2.52 bits per heavy atom. The fourth-order valence-electron chi connectivity index (χ4n) is 2.45. The van der Waals surface area contributed by atoms with Crippen molar-refractivity contribution in [3.8, 4) is 5.75 Å². The lowest BCUT2D eigenvalue weighted by atomic mass is 10.0. The third-order valence-corrected chi connectivity index (χ3v) is 3.38. The van der Waals surface area contributed by atoms with Crippen molar-refractivity contribution in [1.29, 1.82) is 0 Å². The van der Waals surface area contributed by atoms with Crippen molar-refractivity contribution in [2.24, 2.45) is 0 Å². The zero-order valence-corrected chi connectivity index (χ0v) is 13.5. The standard InChI is InChI=1S/C17H18O6/c1-9(21-11(3)18)7-15-10(2)14-6-5-13(22-12(4)19)8-16(14)23-17(15)20/h5-6,8-9H,7H2,1-4H3. The summed E-state index contributed by atoms with van der Waals surface area (Å²) in [7, 11) is 0. The molecule has 1 atom stereocenters. The Morgan fingerprint density at radius 2 is 1.91 bits per heavy atom. The van der Waals surface area contributed by atoms with Crippen LogP contribution in [0.2, 0.25) is 0 Å². The molecule has 23 heavy (non-hydrogen) atoms. The molecule has 6 heteroatoms. The highest BCUT2D eigenvalue weighted by Gasteiger charge is 2.16. The van der Waals surface area contributed by atoms with Crippen molar-refractivity contribution in [1.82, 2.24) is 0 Å². The minimum atomic E-state index is -0.492. The summed E-state index contributed by atoms with van der Waals surface area (Å²) in [4.78, 5) is 34.2. The third kappa shape index (κ3) is 3.97. The molecule has 1 heterocycles. The van der Waals surface area contributed by atoms with Crippen LogP contribution in [0, 0.1) is 6.92 Å². The SMILES string of the molecule is CC(=O)Oc1ccc2c(C)c(CC(C)OC(C)=O)c(=O)oc2c1. The minimum Gasteiger partial charge on any atom is -0.463 e. The van der Waals surface area contributed by atoms with Crippen molar-refractivity contribution in [3.05, 3.63) is 39.7 Å². The maximum atomic E-state index is 12.2. The average molecular weight is 318 g/mol. The van der Waals surface area contributed by atoms with Crippen LogP contribution in [0.5, 0.6) is 5.75 Å². The van der Waals surface area contributed by atoms with Gasteiger partial charge in [0.25, 0.3) is 0 Å². The monoisotopic (exact) mass is 318 g/mol. The van der Waals surface area contributed by atoms with Crippen LogP contribution in [0.25, 0.3) is 11.0 Å². The molecule has 0 radical (unpaired) electrons. The molecule has 0 spiro atoms. The van der Waals surface area contributed by atoms with E-state index >= 15 is 0 Å². The lowest BCUT2D eigenvalue weighted by Gasteiger charge is -2.13. The van der Waals surface area contributed by atoms with Gasteiger partial charge in [0.05, 0.1) is 0 Å². The van der Waals surface area contributed by atoms with E-state index in [1.54, 1.807) is 26.0 Å². The molecule has 2 rings (SSSR count). The summed E-state index contributed by atoms with van der Waals surface area (Å²) in [6.45, 7) is 6.14. The van der Waals surface area contributed by atoms with Gasteiger partial charge in [0.1, 0.15) is 17.4 Å². The first kappa shape index (κ1) is 16.7. The number of esters is 2. The molecule has 0 amide bonds. The van der Waals surface area contributed by atoms with Crippen molar-refractivity contribution in [2.75, 3.05) is 0 Å². The topological polar surface area (TPSA) is 82.8 Å². The van der Waals surface area contributed by atoms with Gasteiger partial charge in [-0.3, -0.25) is 9.59 Å². The summed E-state index contributed by atoms with van der Waals surface area (Å²) >= 11 is 0. The van der Waals surface area contributed by atoms with Gasteiger partial charge in [-0.05, 0) is 31.5 Å². The highest BCUT2D eigenvalue weighted by molar-refractivity contribution is 5.83. The van der Waals surface area contributed by atoms with Crippen LogP contribution in [0.15, 0.2) is 27.4 Å². The van der Waals surface area contributed by atoms with Gasteiger partial charge in [-0.25, -0.2) is 4.79 Å². The van der Waals surface area contributed by atoms with Crippen molar-refractivity contribution < 1.29 is 23.5 Å². The van der Waals surface area contributed by atoms with Crippen LogP contribution in [0.1, 0.15) is 31.9 Å². The molecule has 122 valence electrons. The number of ether oxygens (including phenoxy) is 2. The Balaban J connectivity index is 2.43. The average Bonchev–Trinajstić information content (AvgIpc) is 2.41. The van der Waals surface area contributed by atoms with E-state index in [1.807, 2.05) is 0 Å². The number of hydrogen-bond donors (Lipinski definition) is 0. The maximum Gasteiger partial charge on any atom is 0.339 e. The molecule has 0 bridgehead atoms. The zero-order chi connectivity index (χ0) is 17.1. The van der Waals surface area contributed by atoms with Gasteiger partial charge in [0, 0.05) is 37.3 Å². The Morgan fingerprint density at radius 1 is 1.22 bits per heavy atom. The lowest BCUT2D eigenvalue weighted by Crippen LogP contribution is -2.20. The van der Waals surface area contributed by atoms with Crippen LogP contribution in [0.4, 0.5) is 0 Å². The molecule has 0 fully saturated rings. The van der Waals surface area contributed by atoms with E-state index in [2.05, 4.69) is 0 Å². The molecular formula is C17H18O6. The number of benzene rings is 1. The van der Waals surface area contributed by atoms with E-state index < -0.39 is 23.7 Å². The van der Waals surface area contributed by atoms with E-state index in [0.29, 0.717) is 16.9 Å². The fraction of sp³-hybridized carbons (Fsp3) is 0.353. The second-order valence-corrected chi connectivity index (χ2v) is 5.37. The van der Waals surface area contributed by atoms with E-state index in [0.717, 1.165) is 10.9 Å². The zero-order valence-electron chi connectivity index (χ0n) is 13.5. The number of aryl methyl sites for hydroxylation is 1. The Bertz CT molecular complexity index is 818. The van der Waals surface area contributed by atoms with Crippen LogP contribution < -0.4 is 10.4 Å². The summed E-state index contributed by atoms with van der Waals surface area (Å²) in [6, 6.07) is 4.87. The quantitative estimate of drug-likeness (QED) is 0.489. The van der Waals surface area contributed by atoms with Gasteiger partial charge in [0.2, 0.25) is 0 Å². The second kappa shape index (κ2) is 6.64. The van der Waals surface area contributed by atoms with E-state index in [9.17, 15) is 14.4 Å². The molecule has 0 aliphatic rings. The first-order chi connectivity index (χ1) is 10.8. The normalized spacial score (nSPS) is 12.0. The minimum absolute atomic E-state index is 0.273. The van der Waals surface area contributed by atoms with Gasteiger partial charge >= 0.3 is 17.6 Å². The van der Waals surface area contributed by atoms with Crippen molar-refractivity contribution in [2.45, 2.75) is 40.2 Å². The predicted molar refractivity (Wildman–Crippen MR) is 83.5 cm³/mol. The van der Waals surface area contributed by atoms with Crippen molar-refractivity contribution >= 4 is 22.9 Å².